The number of methoxy groups -OCH3 is 1. The first-order chi connectivity index (χ1) is 13.6. The van der Waals surface area contributed by atoms with Crippen molar-refractivity contribution in [3.63, 3.8) is 0 Å². The fourth-order valence-electron chi connectivity index (χ4n) is 4.20. The zero-order chi connectivity index (χ0) is 21.5. The average molecular weight is 402 g/mol. The van der Waals surface area contributed by atoms with Gasteiger partial charge in [-0.2, -0.15) is 0 Å². The number of nitrogens with zero attached hydrogens (tertiary/aromatic N) is 2. The van der Waals surface area contributed by atoms with Crippen molar-refractivity contribution in [2.75, 3.05) is 33.1 Å². The number of hydrogen-bond acceptors (Lipinski definition) is 6. The molecule has 0 bridgehead atoms. The second-order valence-corrected chi connectivity index (χ2v) is 7.86. The predicted octanol–water partition coefficient (Wildman–Crippen LogP) is 0.593. The smallest absolute Gasteiger partial charge is 0.326 e. The molecule has 156 valence electrons. The number of carbonyl (C=O) groups excluding carboxylic acids is 4. The Labute approximate surface area is 169 Å². The number of carbonyl (C=O) groups is 4. The van der Waals surface area contributed by atoms with E-state index in [4.69, 9.17) is 4.74 Å². The molecule has 0 saturated carbocycles. The molecule has 1 aromatic rings. The van der Waals surface area contributed by atoms with Gasteiger partial charge in [-0.15, -0.1) is 0 Å². The van der Waals surface area contributed by atoms with Crippen LogP contribution in [0.3, 0.4) is 0 Å². The number of fused-ring (bicyclic) bond motifs is 1. The van der Waals surface area contributed by atoms with Crippen LogP contribution in [0.15, 0.2) is 24.3 Å². The quantitative estimate of drug-likeness (QED) is 0.564. The number of rotatable bonds is 4. The molecule has 0 unspecified atom stereocenters. The number of aryl methyl sites for hydroxylation is 1. The van der Waals surface area contributed by atoms with E-state index in [1.807, 2.05) is 19.1 Å². The minimum Gasteiger partial charge on any atom is -0.468 e. The summed E-state index contributed by atoms with van der Waals surface area (Å²) in [6.07, 6.45) is 0. The van der Waals surface area contributed by atoms with Crippen molar-refractivity contribution < 1.29 is 23.9 Å². The molecule has 3 rings (SSSR count). The van der Waals surface area contributed by atoms with Crippen LogP contribution in [-0.2, 0) is 19.1 Å². The second kappa shape index (κ2) is 7.47. The molecule has 9 nitrogen and oxygen atoms in total. The fourth-order valence-corrected chi connectivity index (χ4v) is 4.20. The van der Waals surface area contributed by atoms with Gasteiger partial charge in [0.1, 0.15) is 5.54 Å². The summed E-state index contributed by atoms with van der Waals surface area (Å²) >= 11 is 0. The third-order valence-electron chi connectivity index (χ3n) is 5.84. The number of esters is 1. The number of hydrogen-bond donors (Lipinski definition) is 2. The Hall–Kier alpha value is -2.94. The lowest BCUT2D eigenvalue weighted by molar-refractivity contribution is -0.152. The molecule has 9 heteroatoms. The second-order valence-electron chi connectivity index (χ2n) is 7.86. The van der Waals surface area contributed by atoms with Gasteiger partial charge in [-0.1, -0.05) is 17.7 Å². The van der Waals surface area contributed by atoms with E-state index in [-0.39, 0.29) is 18.5 Å². The van der Waals surface area contributed by atoms with Crippen molar-refractivity contribution in [1.82, 2.24) is 15.1 Å². The largest absolute Gasteiger partial charge is 0.468 e. The summed E-state index contributed by atoms with van der Waals surface area (Å²) in [5.74, 6) is -3.01. The molecule has 2 fully saturated rings. The normalized spacial score (nSPS) is 28.3. The lowest BCUT2D eigenvalue weighted by atomic mass is 9.81. The van der Waals surface area contributed by atoms with E-state index in [9.17, 15) is 19.2 Å². The Morgan fingerprint density at radius 2 is 1.86 bits per heavy atom. The van der Waals surface area contributed by atoms with Gasteiger partial charge in [0.05, 0.1) is 18.9 Å². The molecule has 0 aliphatic carbocycles. The maximum atomic E-state index is 12.7. The zero-order valence-corrected chi connectivity index (χ0v) is 17.2. The lowest BCUT2D eigenvalue weighted by Gasteiger charge is -2.29. The Kier molecular flexibility index (Phi) is 5.36. The van der Waals surface area contributed by atoms with Crippen LogP contribution in [0.5, 0.6) is 0 Å². The molecule has 0 aromatic heterocycles. The third-order valence-corrected chi connectivity index (χ3v) is 5.84. The monoisotopic (exact) mass is 402 g/mol. The highest BCUT2D eigenvalue weighted by Crippen LogP contribution is 2.43. The van der Waals surface area contributed by atoms with Crippen LogP contribution in [0, 0.1) is 18.8 Å². The molecule has 2 saturated heterocycles. The molecule has 4 amide bonds. The highest BCUT2D eigenvalue weighted by atomic mass is 16.5. The van der Waals surface area contributed by atoms with Crippen LogP contribution in [-0.4, -0.2) is 72.9 Å². The van der Waals surface area contributed by atoms with Gasteiger partial charge in [-0.25, -0.2) is 4.79 Å². The molecule has 4 atom stereocenters. The molecule has 2 heterocycles. The van der Waals surface area contributed by atoms with Crippen LogP contribution >= 0.6 is 0 Å². The number of amides is 4. The molecule has 2 N–H and O–H groups in total. The van der Waals surface area contributed by atoms with Gasteiger partial charge < -0.3 is 15.0 Å². The van der Waals surface area contributed by atoms with E-state index in [2.05, 4.69) is 10.6 Å². The highest BCUT2D eigenvalue weighted by molar-refractivity contribution is 6.09. The number of benzene rings is 1. The summed E-state index contributed by atoms with van der Waals surface area (Å²) in [5.41, 5.74) is 0.389. The van der Waals surface area contributed by atoms with Crippen molar-refractivity contribution in [2.24, 2.45) is 11.8 Å². The van der Waals surface area contributed by atoms with E-state index >= 15 is 0 Å². The number of nitrogens with one attached hydrogen (secondary N) is 2. The molecule has 1 aromatic carbocycles. The molecule has 2 aliphatic rings. The number of likely N-dealkylation sites (tertiary alicyclic amines) is 1. The van der Waals surface area contributed by atoms with Gasteiger partial charge in [0.2, 0.25) is 11.8 Å². The van der Waals surface area contributed by atoms with Crippen LogP contribution in [0.2, 0.25) is 0 Å². The van der Waals surface area contributed by atoms with Gasteiger partial charge in [0.15, 0.2) is 0 Å². The summed E-state index contributed by atoms with van der Waals surface area (Å²) in [6, 6.07) is 6.45. The van der Waals surface area contributed by atoms with E-state index in [1.54, 1.807) is 26.1 Å². The van der Waals surface area contributed by atoms with Gasteiger partial charge in [-0.3, -0.25) is 24.6 Å². The molecule has 2 aliphatic heterocycles. The fraction of sp³-hybridized carbons (Fsp3) is 0.500. The van der Waals surface area contributed by atoms with E-state index in [1.165, 1.54) is 19.1 Å². The maximum Gasteiger partial charge on any atom is 0.326 e. The van der Waals surface area contributed by atoms with Gasteiger partial charge >= 0.3 is 12.0 Å². The first-order valence-electron chi connectivity index (χ1n) is 9.36. The number of ether oxygens (including phenoxy) is 1. The van der Waals surface area contributed by atoms with Crippen molar-refractivity contribution >= 4 is 29.5 Å². The molecular formula is C20H26N4O5. The van der Waals surface area contributed by atoms with Gasteiger partial charge in [0.25, 0.3) is 0 Å². The van der Waals surface area contributed by atoms with E-state index < -0.39 is 35.3 Å². The summed E-state index contributed by atoms with van der Waals surface area (Å²) in [7, 11) is 4.24. The Morgan fingerprint density at radius 1 is 1.24 bits per heavy atom. The standard InChI is InChI=1S/C20H26N4O5/c1-11-6-8-12(9-7-11)21-19(28)23(3)10-13-14-15(17(26)24(4)16(14)25)20(2,22-13)18(27)29-5/h6-9,13-15,22H,10H2,1-5H3,(H,21,28)/t13-,14+,15-,20-/m1/s1. The summed E-state index contributed by atoms with van der Waals surface area (Å²) in [4.78, 5) is 52.8. The van der Waals surface area contributed by atoms with Crippen LogP contribution in [0.4, 0.5) is 10.5 Å². The van der Waals surface area contributed by atoms with Crippen LogP contribution in [0.1, 0.15) is 12.5 Å². The summed E-state index contributed by atoms with van der Waals surface area (Å²) in [5, 5.41) is 5.89. The van der Waals surface area contributed by atoms with Crippen molar-refractivity contribution in [2.45, 2.75) is 25.4 Å². The Bertz CT molecular complexity index is 855. The average Bonchev–Trinajstić information content (AvgIpc) is 3.11. The van der Waals surface area contributed by atoms with Gasteiger partial charge in [0, 0.05) is 32.4 Å². The molecule has 0 spiro atoms. The molecule has 0 radical (unpaired) electrons. The highest BCUT2D eigenvalue weighted by Gasteiger charge is 2.66. The number of likely N-dealkylation sites (N-methyl/N-ethyl adjacent to an activating group) is 1. The maximum absolute atomic E-state index is 12.7. The first-order valence-corrected chi connectivity index (χ1v) is 9.36. The third kappa shape index (κ3) is 3.46. The van der Waals surface area contributed by atoms with E-state index in [0.717, 1.165) is 10.5 Å². The molecule has 29 heavy (non-hydrogen) atoms. The van der Waals surface area contributed by atoms with Crippen molar-refractivity contribution in [3.8, 4) is 0 Å². The topological polar surface area (TPSA) is 108 Å². The number of urea groups is 1. The minimum absolute atomic E-state index is 0.137. The lowest BCUT2D eigenvalue weighted by Crippen LogP contribution is -2.56. The van der Waals surface area contributed by atoms with Crippen LogP contribution < -0.4 is 10.6 Å². The number of imide groups is 1. The minimum atomic E-state index is -1.34. The van der Waals surface area contributed by atoms with Crippen LogP contribution in [0.25, 0.3) is 0 Å². The Balaban J connectivity index is 1.78. The summed E-state index contributed by atoms with van der Waals surface area (Å²) in [6.45, 7) is 3.65. The summed E-state index contributed by atoms with van der Waals surface area (Å²) < 4.78 is 4.88. The SMILES string of the molecule is COC(=O)[C@]1(C)N[C@H](CN(C)C(=O)Nc2ccc(C)cc2)[C@@H]2C(=O)N(C)C(=O)[C@@H]21. The number of anilines is 1. The van der Waals surface area contributed by atoms with Gasteiger partial charge in [-0.05, 0) is 26.0 Å². The van der Waals surface area contributed by atoms with Crippen molar-refractivity contribution in [3.05, 3.63) is 29.8 Å². The zero-order valence-electron chi connectivity index (χ0n) is 17.2. The molecular weight excluding hydrogens is 376 g/mol. The Morgan fingerprint density at radius 3 is 2.45 bits per heavy atom. The van der Waals surface area contributed by atoms with E-state index in [0.29, 0.717) is 5.69 Å². The van der Waals surface area contributed by atoms with Crippen molar-refractivity contribution in [1.29, 1.82) is 0 Å². The first kappa shape index (κ1) is 20.8. The predicted molar refractivity (Wildman–Crippen MR) is 105 cm³/mol.